The van der Waals surface area contributed by atoms with Crippen LogP contribution in [0.15, 0.2) is 41.5 Å². The van der Waals surface area contributed by atoms with Gasteiger partial charge in [0.1, 0.15) is 11.6 Å². The normalized spacial score (nSPS) is 10.5. The standard InChI is InChI=1S/C17H17FN2O5/c1-23-14-7-11(8-15(24-2)17(14)22)9-19-20-16(21)10-25-13-5-3-12(18)4-6-13/h3-9,22H,10H2,1-2H3,(H,20,21)/b19-9+. The smallest absolute Gasteiger partial charge is 0.277 e. The third kappa shape index (κ3) is 5.10. The predicted molar refractivity (Wildman–Crippen MR) is 88.8 cm³/mol. The first kappa shape index (κ1) is 18.1. The quantitative estimate of drug-likeness (QED) is 0.591. The maximum atomic E-state index is 12.8. The highest BCUT2D eigenvalue weighted by atomic mass is 19.1. The SMILES string of the molecule is COc1cc(/C=N/NC(=O)COc2ccc(F)cc2)cc(OC)c1O. The van der Waals surface area contributed by atoms with Crippen molar-refractivity contribution in [2.45, 2.75) is 0 Å². The summed E-state index contributed by atoms with van der Waals surface area (Å²) in [7, 11) is 2.81. The van der Waals surface area contributed by atoms with Crippen molar-refractivity contribution < 1.29 is 28.5 Å². The molecule has 132 valence electrons. The largest absolute Gasteiger partial charge is 0.502 e. The van der Waals surface area contributed by atoms with Crippen molar-refractivity contribution in [3.05, 3.63) is 47.8 Å². The second-order valence-electron chi connectivity index (χ2n) is 4.81. The predicted octanol–water partition coefficient (Wildman–Crippen LogP) is 2.08. The van der Waals surface area contributed by atoms with Gasteiger partial charge in [0.15, 0.2) is 18.1 Å². The molecule has 0 radical (unpaired) electrons. The lowest BCUT2D eigenvalue weighted by Crippen LogP contribution is -2.24. The van der Waals surface area contributed by atoms with Crippen LogP contribution in [0.2, 0.25) is 0 Å². The van der Waals surface area contributed by atoms with Crippen LogP contribution in [0.25, 0.3) is 0 Å². The molecular weight excluding hydrogens is 331 g/mol. The van der Waals surface area contributed by atoms with E-state index in [4.69, 9.17) is 14.2 Å². The number of halogens is 1. The van der Waals surface area contributed by atoms with Crippen LogP contribution in [0.3, 0.4) is 0 Å². The van der Waals surface area contributed by atoms with E-state index in [1.54, 1.807) is 0 Å². The van der Waals surface area contributed by atoms with Gasteiger partial charge in [0.25, 0.3) is 5.91 Å². The molecule has 0 saturated carbocycles. The summed E-state index contributed by atoms with van der Waals surface area (Å²) in [6, 6.07) is 8.36. The minimum atomic E-state index is -0.488. The fourth-order valence-corrected chi connectivity index (χ4v) is 1.88. The average molecular weight is 348 g/mol. The van der Waals surface area contributed by atoms with Gasteiger partial charge in [0.2, 0.25) is 5.75 Å². The molecule has 0 unspecified atom stereocenters. The molecule has 0 spiro atoms. The number of amides is 1. The molecule has 25 heavy (non-hydrogen) atoms. The van der Waals surface area contributed by atoms with Gasteiger partial charge in [-0.15, -0.1) is 0 Å². The third-order valence-electron chi connectivity index (χ3n) is 3.09. The van der Waals surface area contributed by atoms with Crippen molar-refractivity contribution in [1.29, 1.82) is 0 Å². The van der Waals surface area contributed by atoms with Gasteiger partial charge in [-0.1, -0.05) is 0 Å². The molecule has 0 aliphatic rings. The summed E-state index contributed by atoms with van der Waals surface area (Å²) >= 11 is 0. The van der Waals surface area contributed by atoms with E-state index in [0.29, 0.717) is 11.3 Å². The van der Waals surface area contributed by atoms with Crippen molar-refractivity contribution >= 4 is 12.1 Å². The lowest BCUT2D eigenvalue weighted by atomic mass is 10.2. The Bertz CT molecular complexity index is 737. The molecule has 0 aliphatic carbocycles. The van der Waals surface area contributed by atoms with Crippen LogP contribution in [0.1, 0.15) is 5.56 Å². The molecule has 0 atom stereocenters. The number of nitrogens with one attached hydrogen (secondary N) is 1. The molecule has 0 heterocycles. The molecule has 2 N–H and O–H groups in total. The molecule has 0 fully saturated rings. The second-order valence-corrected chi connectivity index (χ2v) is 4.81. The number of rotatable bonds is 7. The number of methoxy groups -OCH3 is 2. The maximum absolute atomic E-state index is 12.8. The van der Waals surface area contributed by atoms with Gasteiger partial charge in [0, 0.05) is 5.56 Å². The van der Waals surface area contributed by atoms with E-state index >= 15 is 0 Å². The molecule has 2 aromatic rings. The molecule has 2 rings (SSSR count). The molecule has 2 aromatic carbocycles. The monoisotopic (exact) mass is 348 g/mol. The number of hydrogen-bond acceptors (Lipinski definition) is 6. The van der Waals surface area contributed by atoms with E-state index in [2.05, 4.69) is 10.5 Å². The van der Waals surface area contributed by atoms with E-state index in [0.717, 1.165) is 0 Å². The van der Waals surface area contributed by atoms with Crippen molar-refractivity contribution in [2.75, 3.05) is 20.8 Å². The number of hydrogen-bond donors (Lipinski definition) is 2. The lowest BCUT2D eigenvalue weighted by Gasteiger charge is -2.09. The number of hydrazone groups is 1. The summed E-state index contributed by atoms with van der Waals surface area (Å²) < 4.78 is 28.0. The Kier molecular flexibility index (Phi) is 6.16. The topological polar surface area (TPSA) is 89.4 Å². The molecule has 0 aromatic heterocycles. The lowest BCUT2D eigenvalue weighted by molar-refractivity contribution is -0.123. The Morgan fingerprint density at radius 3 is 2.36 bits per heavy atom. The number of benzene rings is 2. The molecule has 0 saturated heterocycles. The van der Waals surface area contributed by atoms with Crippen LogP contribution in [-0.2, 0) is 4.79 Å². The number of phenols is 1. The van der Waals surface area contributed by atoms with Crippen molar-refractivity contribution in [3.8, 4) is 23.0 Å². The number of phenolic OH excluding ortho intramolecular Hbond substituents is 1. The fourth-order valence-electron chi connectivity index (χ4n) is 1.88. The highest BCUT2D eigenvalue weighted by Crippen LogP contribution is 2.36. The van der Waals surface area contributed by atoms with Gasteiger partial charge in [-0.3, -0.25) is 4.79 Å². The van der Waals surface area contributed by atoms with E-state index in [1.807, 2.05) is 0 Å². The zero-order chi connectivity index (χ0) is 18.2. The maximum Gasteiger partial charge on any atom is 0.277 e. The highest BCUT2D eigenvalue weighted by molar-refractivity contribution is 5.84. The molecule has 1 amide bonds. The number of ether oxygens (including phenoxy) is 3. The van der Waals surface area contributed by atoms with E-state index in [9.17, 15) is 14.3 Å². The number of aromatic hydroxyl groups is 1. The summed E-state index contributed by atoms with van der Waals surface area (Å²) in [5, 5.41) is 13.6. The minimum Gasteiger partial charge on any atom is -0.502 e. The van der Waals surface area contributed by atoms with Crippen molar-refractivity contribution in [2.24, 2.45) is 5.10 Å². The van der Waals surface area contributed by atoms with Gasteiger partial charge in [-0.2, -0.15) is 5.10 Å². The van der Waals surface area contributed by atoms with Crippen molar-refractivity contribution in [3.63, 3.8) is 0 Å². The van der Waals surface area contributed by atoms with Gasteiger partial charge in [-0.25, -0.2) is 9.82 Å². The van der Waals surface area contributed by atoms with Crippen LogP contribution >= 0.6 is 0 Å². The first-order valence-electron chi connectivity index (χ1n) is 7.18. The van der Waals surface area contributed by atoms with Crippen LogP contribution in [0, 0.1) is 5.82 Å². The zero-order valence-electron chi connectivity index (χ0n) is 13.7. The van der Waals surface area contributed by atoms with E-state index in [1.165, 1.54) is 56.8 Å². The van der Waals surface area contributed by atoms with Gasteiger partial charge in [-0.05, 0) is 36.4 Å². The Morgan fingerprint density at radius 1 is 1.20 bits per heavy atom. The summed E-state index contributed by atoms with van der Waals surface area (Å²) in [4.78, 5) is 11.7. The van der Waals surface area contributed by atoms with E-state index in [-0.39, 0.29) is 29.7 Å². The van der Waals surface area contributed by atoms with Crippen LogP contribution in [0.4, 0.5) is 4.39 Å². The molecule has 8 heteroatoms. The number of nitrogens with zero attached hydrogens (tertiary/aromatic N) is 1. The Labute approximate surface area is 143 Å². The number of carbonyl (C=O) groups is 1. The summed E-state index contributed by atoms with van der Waals surface area (Å²) in [6.45, 7) is -0.273. The third-order valence-corrected chi connectivity index (χ3v) is 3.09. The van der Waals surface area contributed by atoms with Crippen LogP contribution in [-0.4, -0.2) is 38.1 Å². The fraction of sp³-hybridized carbons (Fsp3) is 0.176. The average Bonchev–Trinajstić information content (AvgIpc) is 2.62. The van der Waals surface area contributed by atoms with Gasteiger partial charge in [0.05, 0.1) is 20.4 Å². The van der Waals surface area contributed by atoms with E-state index < -0.39 is 5.91 Å². The first-order valence-corrected chi connectivity index (χ1v) is 7.18. The minimum absolute atomic E-state index is 0.126. The second kappa shape index (κ2) is 8.53. The first-order chi connectivity index (χ1) is 12.0. The van der Waals surface area contributed by atoms with Crippen LogP contribution in [0.5, 0.6) is 23.0 Å². The Morgan fingerprint density at radius 2 is 1.80 bits per heavy atom. The summed E-state index contributed by atoms with van der Waals surface area (Å²) in [5.74, 6) is -0.203. The van der Waals surface area contributed by atoms with Crippen LogP contribution < -0.4 is 19.6 Å². The molecule has 0 aliphatic heterocycles. The molecule has 7 nitrogen and oxygen atoms in total. The summed E-state index contributed by atoms with van der Waals surface area (Å²) in [6.07, 6.45) is 1.36. The van der Waals surface area contributed by atoms with Gasteiger partial charge < -0.3 is 19.3 Å². The summed E-state index contributed by atoms with van der Waals surface area (Å²) in [5.41, 5.74) is 2.84. The zero-order valence-corrected chi connectivity index (χ0v) is 13.7. The molecular formula is C17H17FN2O5. The number of carbonyl (C=O) groups excluding carboxylic acids is 1. The Balaban J connectivity index is 1.91. The molecule has 0 bridgehead atoms. The Hall–Kier alpha value is -3.29. The van der Waals surface area contributed by atoms with Gasteiger partial charge >= 0.3 is 0 Å². The highest BCUT2D eigenvalue weighted by Gasteiger charge is 2.10. The van der Waals surface area contributed by atoms with Crippen molar-refractivity contribution in [1.82, 2.24) is 5.43 Å².